The Hall–Kier alpha value is -3.03. The van der Waals surface area contributed by atoms with Crippen LogP contribution in [0.25, 0.3) is 0 Å². The maximum Gasteiger partial charge on any atom is 0.308 e. The van der Waals surface area contributed by atoms with Crippen molar-refractivity contribution in [1.29, 1.82) is 0 Å². The number of anilines is 1. The maximum absolute atomic E-state index is 13.5. The number of esters is 1. The molecule has 0 aromatic heterocycles. The summed E-state index contributed by atoms with van der Waals surface area (Å²) in [7, 11) is 0. The van der Waals surface area contributed by atoms with Crippen molar-refractivity contribution in [1.82, 2.24) is 4.90 Å². The van der Waals surface area contributed by atoms with E-state index < -0.39 is 23.8 Å². The smallest absolute Gasteiger partial charge is 0.308 e. The quantitative estimate of drug-likeness (QED) is 0.307. The molecule has 0 radical (unpaired) electrons. The number of fused-ring (bicyclic) bond motifs is 3. The first-order valence-electron chi connectivity index (χ1n) is 10.6. The van der Waals surface area contributed by atoms with Gasteiger partial charge in [-0.2, -0.15) is 0 Å². The third-order valence-corrected chi connectivity index (χ3v) is 6.86. The largest absolute Gasteiger partial charge is 0.427 e. The van der Waals surface area contributed by atoms with Gasteiger partial charge in [0.05, 0.1) is 23.6 Å². The van der Waals surface area contributed by atoms with Crippen molar-refractivity contribution in [3.8, 4) is 5.75 Å². The Kier molecular flexibility index (Phi) is 5.10. The van der Waals surface area contributed by atoms with Gasteiger partial charge in [-0.1, -0.05) is 11.6 Å². The van der Waals surface area contributed by atoms with Gasteiger partial charge in [-0.05, 0) is 67.9 Å². The van der Waals surface area contributed by atoms with Gasteiger partial charge in [-0.25, -0.2) is 4.90 Å². The molecule has 8 heteroatoms. The number of hydrogen-bond acceptors (Lipinski definition) is 6. The molecule has 2 aromatic rings. The van der Waals surface area contributed by atoms with Crippen molar-refractivity contribution < 1.29 is 23.9 Å². The van der Waals surface area contributed by atoms with E-state index >= 15 is 0 Å². The van der Waals surface area contributed by atoms with Crippen LogP contribution in [0.4, 0.5) is 5.69 Å². The van der Waals surface area contributed by atoms with Crippen LogP contribution in [0.15, 0.2) is 48.5 Å². The fourth-order valence-corrected chi connectivity index (χ4v) is 5.51. The first-order chi connectivity index (χ1) is 15.4. The van der Waals surface area contributed by atoms with Crippen LogP contribution in [0.1, 0.15) is 30.1 Å². The van der Waals surface area contributed by atoms with E-state index in [1.807, 2.05) is 4.90 Å². The summed E-state index contributed by atoms with van der Waals surface area (Å²) in [6, 6.07) is 12.1. The molecule has 0 bridgehead atoms. The monoisotopic (exact) mass is 452 g/mol. The molecule has 2 amide bonds. The molecule has 3 heterocycles. The molecule has 2 aromatic carbocycles. The van der Waals surface area contributed by atoms with Gasteiger partial charge in [-0.3, -0.25) is 24.1 Å². The van der Waals surface area contributed by atoms with E-state index in [4.69, 9.17) is 16.3 Å². The summed E-state index contributed by atoms with van der Waals surface area (Å²) in [6.07, 6.45) is 1.67. The maximum atomic E-state index is 13.5. The fourth-order valence-electron chi connectivity index (χ4n) is 5.38. The van der Waals surface area contributed by atoms with Crippen LogP contribution in [0, 0.1) is 11.8 Å². The number of rotatable bonds is 4. The number of Topliss-reactive ketones (excluding diaryl/α,β-unsaturated/α-hetero) is 1. The molecule has 164 valence electrons. The van der Waals surface area contributed by atoms with Gasteiger partial charge in [0.2, 0.25) is 11.8 Å². The highest BCUT2D eigenvalue weighted by Gasteiger charge is 2.64. The summed E-state index contributed by atoms with van der Waals surface area (Å²) in [5.41, 5.74) is 0.891. The number of carbonyl (C=O) groups is 4. The van der Waals surface area contributed by atoms with Crippen LogP contribution in [0.2, 0.25) is 5.02 Å². The Morgan fingerprint density at radius 2 is 1.62 bits per heavy atom. The number of ketones is 1. The second-order valence-electron chi connectivity index (χ2n) is 8.41. The number of nitrogens with zero attached hydrogens (tertiary/aromatic N) is 2. The van der Waals surface area contributed by atoms with Crippen LogP contribution in [-0.2, 0) is 14.4 Å². The molecule has 5 rings (SSSR count). The molecular weight excluding hydrogens is 432 g/mol. The number of ether oxygens (including phenoxy) is 1. The van der Waals surface area contributed by atoms with Crippen LogP contribution in [-0.4, -0.2) is 47.1 Å². The van der Waals surface area contributed by atoms with Gasteiger partial charge in [0.1, 0.15) is 5.75 Å². The minimum atomic E-state index is -0.718. The van der Waals surface area contributed by atoms with Crippen molar-refractivity contribution in [2.75, 3.05) is 11.4 Å². The Morgan fingerprint density at radius 3 is 2.28 bits per heavy atom. The summed E-state index contributed by atoms with van der Waals surface area (Å²) < 4.78 is 5.03. The van der Waals surface area contributed by atoms with Gasteiger partial charge in [0.25, 0.3) is 0 Å². The first kappa shape index (κ1) is 20.8. The third kappa shape index (κ3) is 3.24. The highest BCUT2D eigenvalue weighted by molar-refractivity contribution is 6.30. The number of amides is 2. The topological polar surface area (TPSA) is 84.0 Å². The molecule has 3 fully saturated rings. The van der Waals surface area contributed by atoms with Crippen LogP contribution < -0.4 is 9.64 Å². The zero-order valence-electron chi connectivity index (χ0n) is 17.4. The van der Waals surface area contributed by atoms with Gasteiger partial charge in [0.15, 0.2) is 5.78 Å². The predicted octanol–water partition coefficient (Wildman–Crippen LogP) is 3.10. The van der Waals surface area contributed by atoms with Crippen LogP contribution >= 0.6 is 11.6 Å². The van der Waals surface area contributed by atoms with Crippen molar-refractivity contribution in [3.63, 3.8) is 0 Å². The normalized spacial score (nSPS) is 26.9. The van der Waals surface area contributed by atoms with E-state index in [1.165, 1.54) is 11.8 Å². The van der Waals surface area contributed by atoms with Gasteiger partial charge >= 0.3 is 5.97 Å². The van der Waals surface area contributed by atoms with E-state index in [9.17, 15) is 19.2 Å². The number of imide groups is 1. The number of hydrogen-bond donors (Lipinski definition) is 0. The van der Waals surface area contributed by atoms with Crippen molar-refractivity contribution in [2.45, 2.75) is 31.8 Å². The Morgan fingerprint density at radius 1 is 0.969 bits per heavy atom. The second kappa shape index (κ2) is 7.83. The predicted molar refractivity (Wildman–Crippen MR) is 117 cm³/mol. The molecule has 0 N–H and O–H groups in total. The molecule has 0 aliphatic carbocycles. The van der Waals surface area contributed by atoms with E-state index in [0.717, 1.165) is 12.8 Å². The lowest BCUT2D eigenvalue weighted by Crippen LogP contribution is -2.46. The highest BCUT2D eigenvalue weighted by Crippen LogP contribution is 2.48. The standard InChI is InChI=1S/C24H21ClN2O5/c1-13(28)32-17-10-8-16(9-11-17)27-23(30)19-18-3-2-12-26(18)21(20(19)24(27)31)22(29)14-4-6-15(25)7-5-14/h4-11,18-21H,2-3,12H2,1H3/t18-,19-,20-,21-/m0/s1. The molecule has 0 saturated carbocycles. The SMILES string of the molecule is CC(=O)Oc1ccc(N2C(=O)[C@@H]3[C@H](C2=O)[C@@H](C(=O)c2ccc(Cl)cc2)N2CCC[C@@H]32)cc1. The van der Waals surface area contributed by atoms with E-state index in [2.05, 4.69) is 0 Å². The summed E-state index contributed by atoms with van der Waals surface area (Å²) >= 11 is 5.97. The van der Waals surface area contributed by atoms with Gasteiger partial charge in [0, 0.05) is 23.6 Å². The molecule has 0 spiro atoms. The number of carbonyl (C=O) groups excluding carboxylic acids is 4. The molecule has 7 nitrogen and oxygen atoms in total. The first-order valence-corrected chi connectivity index (χ1v) is 11.0. The van der Waals surface area contributed by atoms with Gasteiger partial charge in [-0.15, -0.1) is 0 Å². The lowest BCUT2D eigenvalue weighted by atomic mass is 9.85. The highest BCUT2D eigenvalue weighted by atomic mass is 35.5. The van der Waals surface area contributed by atoms with Crippen LogP contribution in [0.3, 0.4) is 0 Å². The summed E-state index contributed by atoms with van der Waals surface area (Å²) in [5.74, 6) is -2.17. The number of halogens is 1. The lowest BCUT2D eigenvalue weighted by Gasteiger charge is -2.27. The minimum absolute atomic E-state index is 0.122. The van der Waals surface area contributed by atoms with Crippen LogP contribution in [0.5, 0.6) is 5.75 Å². The average Bonchev–Trinajstić information content (AvgIpc) is 3.41. The molecule has 4 atom stereocenters. The third-order valence-electron chi connectivity index (χ3n) is 6.61. The summed E-state index contributed by atoms with van der Waals surface area (Å²) in [6.45, 7) is 1.99. The second-order valence-corrected chi connectivity index (χ2v) is 8.85. The van der Waals surface area contributed by atoms with E-state index in [-0.39, 0.29) is 23.6 Å². The van der Waals surface area contributed by atoms with Gasteiger partial charge < -0.3 is 4.74 Å². The summed E-state index contributed by atoms with van der Waals surface area (Å²) in [4.78, 5) is 54.8. The van der Waals surface area contributed by atoms with E-state index in [0.29, 0.717) is 28.6 Å². The minimum Gasteiger partial charge on any atom is -0.427 e. The molecule has 3 saturated heterocycles. The Labute approximate surface area is 189 Å². The molecule has 0 unspecified atom stereocenters. The number of benzene rings is 2. The lowest BCUT2D eigenvalue weighted by molar-refractivity contribution is -0.132. The van der Waals surface area contributed by atoms with E-state index in [1.54, 1.807) is 48.5 Å². The molecule has 32 heavy (non-hydrogen) atoms. The average molecular weight is 453 g/mol. The molecular formula is C24H21ClN2O5. The Bertz CT molecular complexity index is 1110. The van der Waals surface area contributed by atoms with Crippen molar-refractivity contribution >= 4 is 40.9 Å². The Balaban J connectivity index is 1.48. The molecule has 3 aliphatic rings. The summed E-state index contributed by atoms with van der Waals surface area (Å²) in [5, 5.41) is 0.528. The zero-order chi connectivity index (χ0) is 22.6. The zero-order valence-corrected chi connectivity index (χ0v) is 18.1. The van der Waals surface area contributed by atoms with Crippen molar-refractivity contribution in [2.24, 2.45) is 11.8 Å². The van der Waals surface area contributed by atoms with Crippen molar-refractivity contribution in [3.05, 3.63) is 59.1 Å². The molecule has 3 aliphatic heterocycles. The fraction of sp³-hybridized carbons (Fsp3) is 0.333.